The van der Waals surface area contributed by atoms with Crippen LogP contribution in [0, 0.1) is 17.8 Å². The molecule has 2 amide bonds. The summed E-state index contributed by atoms with van der Waals surface area (Å²) in [6.07, 6.45) is 6.42. The Morgan fingerprint density at radius 3 is 2.11 bits per heavy atom. The van der Waals surface area contributed by atoms with Gasteiger partial charge < -0.3 is 15.1 Å². The van der Waals surface area contributed by atoms with Crippen LogP contribution in [-0.4, -0.2) is 42.9 Å². The van der Waals surface area contributed by atoms with E-state index in [0.29, 0.717) is 5.92 Å². The van der Waals surface area contributed by atoms with Crippen molar-refractivity contribution in [2.45, 2.75) is 52.4 Å². The van der Waals surface area contributed by atoms with Gasteiger partial charge in [0.25, 0.3) is 5.91 Å². The fourth-order valence-corrected chi connectivity index (χ4v) is 4.28. The number of nitrogens with zero attached hydrogens (tertiary/aromatic N) is 2. The van der Waals surface area contributed by atoms with Crippen LogP contribution in [0.3, 0.4) is 0 Å². The average molecular weight is 384 g/mol. The highest BCUT2D eigenvalue weighted by atomic mass is 16.2. The van der Waals surface area contributed by atoms with Crippen molar-refractivity contribution < 1.29 is 9.59 Å². The number of piperidine rings is 2. The molecule has 1 saturated carbocycles. The van der Waals surface area contributed by atoms with Crippen molar-refractivity contribution in [1.29, 1.82) is 0 Å². The normalized spacial score (nSPS) is 21.6. The lowest BCUT2D eigenvalue weighted by atomic mass is 9.96. The number of benzene rings is 1. The van der Waals surface area contributed by atoms with E-state index in [4.69, 9.17) is 0 Å². The maximum atomic E-state index is 13.4. The molecule has 5 nitrogen and oxygen atoms in total. The Hall–Kier alpha value is -2.04. The molecule has 152 valence electrons. The summed E-state index contributed by atoms with van der Waals surface area (Å²) in [5.74, 6) is 1.80. The lowest BCUT2D eigenvalue weighted by molar-refractivity contribution is -0.117. The number of likely N-dealkylation sites (tertiary alicyclic amines) is 1. The van der Waals surface area contributed by atoms with Crippen LogP contribution in [0.5, 0.6) is 0 Å². The van der Waals surface area contributed by atoms with Crippen LogP contribution in [0.2, 0.25) is 0 Å². The van der Waals surface area contributed by atoms with E-state index in [1.807, 2.05) is 23.1 Å². The monoisotopic (exact) mass is 383 g/mol. The molecule has 0 radical (unpaired) electrons. The van der Waals surface area contributed by atoms with Crippen molar-refractivity contribution in [2.75, 3.05) is 36.4 Å². The molecule has 5 heteroatoms. The zero-order valence-electron chi connectivity index (χ0n) is 17.2. The molecule has 0 aromatic heterocycles. The van der Waals surface area contributed by atoms with Gasteiger partial charge in [-0.2, -0.15) is 0 Å². The second-order valence-corrected chi connectivity index (χ2v) is 9.14. The van der Waals surface area contributed by atoms with Crippen molar-refractivity contribution in [3.8, 4) is 0 Å². The summed E-state index contributed by atoms with van der Waals surface area (Å²) >= 11 is 0. The molecule has 0 spiro atoms. The number of hydrogen-bond donors (Lipinski definition) is 1. The fourth-order valence-electron chi connectivity index (χ4n) is 4.28. The lowest BCUT2D eigenvalue weighted by Gasteiger charge is -2.35. The third kappa shape index (κ3) is 4.34. The predicted octanol–water partition coefficient (Wildman–Crippen LogP) is 4.14. The largest absolute Gasteiger partial charge is 0.371 e. The minimum atomic E-state index is 0.0877. The zero-order chi connectivity index (χ0) is 19.7. The summed E-state index contributed by atoms with van der Waals surface area (Å²) in [6, 6.07) is 5.91. The first-order valence-electron chi connectivity index (χ1n) is 11.0. The molecule has 1 aromatic carbocycles. The number of hydrogen-bond acceptors (Lipinski definition) is 3. The highest BCUT2D eigenvalue weighted by molar-refractivity contribution is 6.02. The van der Waals surface area contributed by atoms with E-state index in [0.717, 1.165) is 87.6 Å². The van der Waals surface area contributed by atoms with Crippen molar-refractivity contribution >= 4 is 23.2 Å². The van der Waals surface area contributed by atoms with Gasteiger partial charge in [-0.3, -0.25) is 9.59 Å². The first-order chi connectivity index (χ1) is 13.5. The van der Waals surface area contributed by atoms with E-state index < -0.39 is 0 Å². The van der Waals surface area contributed by atoms with Crippen LogP contribution in [0.15, 0.2) is 18.2 Å². The van der Waals surface area contributed by atoms with Gasteiger partial charge in [-0.05, 0) is 68.6 Å². The summed E-state index contributed by atoms with van der Waals surface area (Å²) in [6.45, 7) is 8.20. The maximum absolute atomic E-state index is 13.4. The van der Waals surface area contributed by atoms with Gasteiger partial charge in [0.1, 0.15) is 0 Å². The third-order valence-electron chi connectivity index (χ3n) is 6.64. The Kier molecular flexibility index (Phi) is 5.61. The summed E-state index contributed by atoms with van der Waals surface area (Å²) in [5.41, 5.74) is 2.53. The van der Waals surface area contributed by atoms with Gasteiger partial charge in [0.15, 0.2) is 0 Å². The highest BCUT2D eigenvalue weighted by Crippen LogP contribution is 2.33. The van der Waals surface area contributed by atoms with Gasteiger partial charge in [-0.25, -0.2) is 0 Å². The molecule has 0 unspecified atom stereocenters. The molecule has 1 aromatic rings. The number of amides is 2. The van der Waals surface area contributed by atoms with Crippen molar-refractivity contribution in [1.82, 2.24) is 4.90 Å². The number of nitrogens with one attached hydrogen (secondary N) is 1. The number of rotatable bonds is 4. The third-order valence-corrected chi connectivity index (χ3v) is 6.64. The molecule has 0 atom stereocenters. The molecule has 4 rings (SSSR count). The van der Waals surface area contributed by atoms with Gasteiger partial charge in [0, 0.05) is 43.5 Å². The molecular formula is C23H33N3O2. The van der Waals surface area contributed by atoms with Crippen LogP contribution in [0.4, 0.5) is 11.4 Å². The molecular weight excluding hydrogens is 350 g/mol. The molecule has 2 aliphatic heterocycles. The van der Waals surface area contributed by atoms with Crippen LogP contribution in [-0.2, 0) is 4.79 Å². The minimum Gasteiger partial charge on any atom is -0.371 e. The van der Waals surface area contributed by atoms with E-state index in [-0.39, 0.29) is 17.7 Å². The quantitative estimate of drug-likeness (QED) is 0.850. The van der Waals surface area contributed by atoms with Crippen LogP contribution < -0.4 is 10.2 Å². The van der Waals surface area contributed by atoms with E-state index in [2.05, 4.69) is 24.1 Å². The van der Waals surface area contributed by atoms with Gasteiger partial charge in [-0.15, -0.1) is 0 Å². The van der Waals surface area contributed by atoms with Crippen molar-refractivity contribution in [3.63, 3.8) is 0 Å². The van der Waals surface area contributed by atoms with Crippen molar-refractivity contribution in [2.24, 2.45) is 17.8 Å². The van der Waals surface area contributed by atoms with E-state index >= 15 is 0 Å². The first-order valence-corrected chi connectivity index (χ1v) is 11.0. The van der Waals surface area contributed by atoms with E-state index in [1.54, 1.807) is 0 Å². The maximum Gasteiger partial charge on any atom is 0.256 e. The van der Waals surface area contributed by atoms with Crippen LogP contribution in [0.25, 0.3) is 0 Å². The Morgan fingerprint density at radius 1 is 0.893 bits per heavy atom. The molecule has 3 fully saturated rings. The molecule has 1 N–H and O–H groups in total. The Morgan fingerprint density at radius 2 is 1.50 bits per heavy atom. The molecule has 0 bridgehead atoms. The molecule has 2 heterocycles. The summed E-state index contributed by atoms with van der Waals surface area (Å²) in [4.78, 5) is 30.0. The zero-order valence-corrected chi connectivity index (χ0v) is 17.2. The molecule has 3 aliphatic rings. The lowest BCUT2D eigenvalue weighted by Crippen LogP contribution is -2.40. The Bertz CT molecular complexity index is 727. The predicted molar refractivity (Wildman–Crippen MR) is 113 cm³/mol. The second-order valence-electron chi connectivity index (χ2n) is 9.14. The van der Waals surface area contributed by atoms with Crippen LogP contribution >= 0.6 is 0 Å². The SMILES string of the molecule is CC1CCN(C(=O)c2cc(NC(=O)C3CC3)ccc2N2CCC(C)CC2)CC1. The molecule has 2 saturated heterocycles. The van der Waals surface area contributed by atoms with E-state index in [1.165, 1.54) is 0 Å². The van der Waals surface area contributed by atoms with Gasteiger partial charge >= 0.3 is 0 Å². The second kappa shape index (κ2) is 8.14. The average Bonchev–Trinajstić information content (AvgIpc) is 3.54. The van der Waals surface area contributed by atoms with Crippen molar-refractivity contribution in [3.05, 3.63) is 23.8 Å². The summed E-state index contributed by atoms with van der Waals surface area (Å²) in [7, 11) is 0. The highest BCUT2D eigenvalue weighted by Gasteiger charge is 2.30. The van der Waals surface area contributed by atoms with E-state index in [9.17, 15) is 9.59 Å². The minimum absolute atomic E-state index is 0.0877. The Balaban J connectivity index is 1.58. The fraction of sp³-hybridized carbons (Fsp3) is 0.652. The standard InChI is InChI=1S/C23H33N3O2/c1-16-7-11-25(12-8-16)21-6-5-19(24-22(27)18-3-4-18)15-20(21)23(28)26-13-9-17(2)10-14-26/h5-6,15-18H,3-4,7-14H2,1-2H3,(H,24,27). The summed E-state index contributed by atoms with van der Waals surface area (Å²) in [5, 5.41) is 3.02. The Labute approximate surface area is 168 Å². The first kappa shape index (κ1) is 19.3. The number of anilines is 2. The summed E-state index contributed by atoms with van der Waals surface area (Å²) < 4.78 is 0. The number of carbonyl (C=O) groups is 2. The van der Waals surface area contributed by atoms with Gasteiger partial charge in [0.2, 0.25) is 5.91 Å². The smallest absolute Gasteiger partial charge is 0.256 e. The van der Waals surface area contributed by atoms with Crippen LogP contribution in [0.1, 0.15) is 62.7 Å². The topological polar surface area (TPSA) is 52.7 Å². The number of carbonyl (C=O) groups excluding carboxylic acids is 2. The van der Waals surface area contributed by atoms with Gasteiger partial charge in [-0.1, -0.05) is 13.8 Å². The molecule has 1 aliphatic carbocycles. The van der Waals surface area contributed by atoms with Gasteiger partial charge in [0.05, 0.1) is 5.56 Å². The molecule has 28 heavy (non-hydrogen) atoms.